The third-order valence-electron chi connectivity index (χ3n) is 2.40. The Bertz CT molecular complexity index is 599. The predicted octanol–water partition coefficient (Wildman–Crippen LogP) is 4.59. The smallest absolute Gasteiger partial charge is 0.104 e. The highest BCUT2D eigenvalue weighted by atomic mass is 79.9. The zero-order valence-corrected chi connectivity index (χ0v) is 13.3. The van der Waals surface area contributed by atoms with Crippen LogP contribution in [0.5, 0.6) is 0 Å². The topological polar surface area (TPSA) is 38.0 Å². The van der Waals surface area contributed by atoms with Gasteiger partial charge in [0.05, 0.1) is 11.4 Å². The van der Waals surface area contributed by atoms with Gasteiger partial charge in [-0.3, -0.25) is 0 Å². The zero-order chi connectivity index (χ0) is 13.1. The Morgan fingerprint density at radius 1 is 1.00 bits per heavy atom. The molecule has 0 bridgehead atoms. The molecule has 0 atom stereocenters. The molecular formula is C13H10Br2N2S. The molecule has 3 N–H and O–H groups in total. The summed E-state index contributed by atoms with van der Waals surface area (Å²) in [6.45, 7) is 0. The maximum absolute atomic E-state index is 5.59. The first-order chi connectivity index (χ1) is 8.58. The van der Waals surface area contributed by atoms with Gasteiger partial charge in [0.25, 0.3) is 0 Å². The molecule has 2 nitrogen and oxygen atoms in total. The molecule has 0 saturated carbocycles. The fourth-order valence-electron chi connectivity index (χ4n) is 1.48. The minimum absolute atomic E-state index is 0.392. The molecule has 0 saturated heterocycles. The van der Waals surface area contributed by atoms with Gasteiger partial charge < -0.3 is 11.1 Å². The summed E-state index contributed by atoms with van der Waals surface area (Å²) in [5.74, 6) is 0. The molecule has 0 heterocycles. The van der Waals surface area contributed by atoms with Gasteiger partial charge in [-0.25, -0.2) is 0 Å². The first kappa shape index (κ1) is 13.5. The van der Waals surface area contributed by atoms with E-state index in [4.69, 9.17) is 18.0 Å². The summed E-state index contributed by atoms with van der Waals surface area (Å²) in [6, 6.07) is 13.7. The van der Waals surface area contributed by atoms with E-state index in [1.807, 2.05) is 42.5 Å². The van der Waals surface area contributed by atoms with Crippen molar-refractivity contribution in [2.24, 2.45) is 5.73 Å². The second-order valence-electron chi connectivity index (χ2n) is 3.66. The number of nitrogens with one attached hydrogen (secondary N) is 1. The SMILES string of the molecule is NC(=S)c1ccc(Nc2ccccc2Br)c(Br)c1. The van der Waals surface area contributed by atoms with E-state index in [0.717, 1.165) is 25.9 Å². The average Bonchev–Trinajstić information content (AvgIpc) is 2.34. The highest BCUT2D eigenvalue weighted by Gasteiger charge is 2.05. The van der Waals surface area contributed by atoms with Crippen LogP contribution >= 0.6 is 44.1 Å². The van der Waals surface area contributed by atoms with Crippen LogP contribution in [0.3, 0.4) is 0 Å². The Labute approximate surface area is 128 Å². The Morgan fingerprint density at radius 3 is 2.28 bits per heavy atom. The van der Waals surface area contributed by atoms with E-state index in [-0.39, 0.29) is 0 Å². The van der Waals surface area contributed by atoms with E-state index >= 15 is 0 Å². The van der Waals surface area contributed by atoms with Gasteiger partial charge in [0.15, 0.2) is 0 Å². The fraction of sp³-hybridized carbons (Fsp3) is 0. The van der Waals surface area contributed by atoms with Crippen molar-refractivity contribution in [1.29, 1.82) is 0 Å². The van der Waals surface area contributed by atoms with Gasteiger partial charge in [-0.2, -0.15) is 0 Å². The zero-order valence-electron chi connectivity index (χ0n) is 9.28. The van der Waals surface area contributed by atoms with Crippen molar-refractivity contribution in [1.82, 2.24) is 0 Å². The lowest BCUT2D eigenvalue weighted by atomic mass is 10.2. The van der Waals surface area contributed by atoms with Crippen molar-refractivity contribution in [3.63, 3.8) is 0 Å². The molecule has 2 rings (SSSR count). The second kappa shape index (κ2) is 5.82. The lowest BCUT2D eigenvalue weighted by molar-refractivity contribution is 1.49. The van der Waals surface area contributed by atoms with Crippen LogP contribution in [-0.4, -0.2) is 4.99 Å². The van der Waals surface area contributed by atoms with Crippen molar-refractivity contribution in [3.8, 4) is 0 Å². The van der Waals surface area contributed by atoms with Gasteiger partial charge in [-0.05, 0) is 62.2 Å². The van der Waals surface area contributed by atoms with Crippen molar-refractivity contribution < 1.29 is 0 Å². The Hall–Kier alpha value is -0.910. The molecule has 0 fully saturated rings. The molecule has 0 radical (unpaired) electrons. The average molecular weight is 386 g/mol. The first-order valence-corrected chi connectivity index (χ1v) is 7.18. The van der Waals surface area contributed by atoms with Gasteiger partial charge >= 0.3 is 0 Å². The van der Waals surface area contributed by atoms with E-state index in [1.165, 1.54) is 0 Å². The maximum atomic E-state index is 5.59. The van der Waals surface area contributed by atoms with Crippen LogP contribution in [0.25, 0.3) is 0 Å². The number of halogens is 2. The molecule has 0 amide bonds. The summed E-state index contributed by atoms with van der Waals surface area (Å²) in [6.07, 6.45) is 0. The van der Waals surface area contributed by atoms with Crippen LogP contribution in [0.4, 0.5) is 11.4 Å². The summed E-state index contributed by atoms with van der Waals surface area (Å²) >= 11 is 11.9. The second-order valence-corrected chi connectivity index (χ2v) is 5.81. The molecule has 0 aliphatic carbocycles. The van der Waals surface area contributed by atoms with E-state index in [0.29, 0.717) is 4.99 Å². The van der Waals surface area contributed by atoms with Crippen LogP contribution in [0.15, 0.2) is 51.4 Å². The molecule has 18 heavy (non-hydrogen) atoms. The van der Waals surface area contributed by atoms with Crippen LogP contribution in [-0.2, 0) is 0 Å². The number of hydrogen-bond donors (Lipinski definition) is 2. The minimum atomic E-state index is 0.392. The molecule has 92 valence electrons. The molecule has 0 spiro atoms. The first-order valence-electron chi connectivity index (χ1n) is 5.19. The molecule has 2 aromatic rings. The number of hydrogen-bond acceptors (Lipinski definition) is 2. The summed E-state index contributed by atoms with van der Waals surface area (Å²) < 4.78 is 1.93. The van der Waals surface area contributed by atoms with Gasteiger partial charge in [0, 0.05) is 14.5 Å². The van der Waals surface area contributed by atoms with Gasteiger partial charge in [-0.1, -0.05) is 24.4 Å². The highest BCUT2D eigenvalue weighted by molar-refractivity contribution is 9.11. The summed E-state index contributed by atoms with van der Waals surface area (Å²) in [4.78, 5) is 0.392. The van der Waals surface area contributed by atoms with Crippen LogP contribution in [0, 0.1) is 0 Å². The lowest BCUT2D eigenvalue weighted by Crippen LogP contribution is -2.09. The van der Waals surface area contributed by atoms with Crippen LogP contribution in [0.1, 0.15) is 5.56 Å². The van der Waals surface area contributed by atoms with E-state index in [1.54, 1.807) is 0 Å². The number of nitrogens with two attached hydrogens (primary N) is 1. The summed E-state index contributed by atoms with van der Waals surface area (Å²) in [5.41, 5.74) is 8.40. The molecule has 2 aromatic carbocycles. The number of rotatable bonds is 3. The fourth-order valence-corrected chi connectivity index (χ4v) is 2.47. The van der Waals surface area contributed by atoms with Crippen LogP contribution in [0.2, 0.25) is 0 Å². The minimum Gasteiger partial charge on any atom is -0.389 e. The number of anilines is 2. The Balaban J connectivity index is 2.30. The molecular weight excluding hydrogens is 376 g/mol. The van der Waals surface area contributed by atoms with Gasteiger partial charge in [0.1, 0.15) is 4.99 Å². The van der Waals surface area contributed by atoms with Gasteiger partial charge in [0.2, 0.25) is 0 Å². The van der Waals surface area contributed by atoms with Crippen molar-refractivity contribution in [3.05, 3.63) is 57.0 Å². The van der Waals surface area contributed by atoms with Crippen molar-refractivity contribution in [2.75, 3.05) is 5.32 Å². The lowest BCUT2D eigenvalue weighted by Gasteiger charge is -2.11. The Kier molecular flexibility index (Phi) is 4.37. The highest BCUT2D eigenvalue weighted by Crippen LogP contribution is 2.30. The summed E-state index contributed by atoms with van der Waals surface area (Å²) in [5, 5.41) is 3.33. The number of thiocarbonyl (C=S) groups is 1. The van der Waals surface area contributed by atoms with Crippen molar-refractivity contribution in [2.45, 2.75) is 0 Å². The third-order valence-corrected chi connectivity index (χ3v) is 3.98. The normalized spacial score (nSPS) is 10.1. The monoisotopic (exact) mass is 384 g/mol. The molecule has 0 aliphatic rings. The molecule has 0 unspecified atom stereocenters. The van der Waals surface area contributed by atoms with Crippen molar-refractivity contribution >= 4 is 60.4 Å². The summed E-state index contributed by atoms with van der Waals surface area (Å²) in [7, 11) is 0. The van der Waals surface area contributed by atoms with E-state index in [9.17, 15) is 0 Å². The largest absolute Gasteiger partial charge is 0.389 e. The van der Waals surface area contributed by atoms with E-state index in [2.05, 4.69) is 37.2 Å². The molecule has 0 aromatic heterocycles. The third kappa shape index (κ3) is 3.10. The predicted molar refractivity (Wildman–Crippen MR) is 87.5 cm³/mol. The quantitative estimate of drug-likeness (QED) is 0.759. The number of para-hydroxylation sites is 1. The molecule has 5 heteroatoms. The van der Waals surface area contributed by atoms with Gasteiger partial charge in [-0.15, -0.1) is 0 Å². The Morgan fingerprint density at radius 2 is 1.67 bits per heavy atom. The van der Waals surface area contributed by atoms with E-state index < -0.39 is 0 Å². The molecule has 0 aliphatic heterocycles. The maximum Gasteiger partial charge on any atom is 0.104 e. The standard InChI is InChI=1S/C13H10Br2N2S/c14-9-3-1-2-4-11(9)17-12-6-5-8(13(16)18)7-10(12)15/h1-7,17H,(H2,16,18). The van der Waals surface area contributed by atoms with Crippen LogP contribution < -0.4 is 11.1 Å². The number of benzene rings is 2.